The van der Waals surface area contributed by atoms with Gasteiger partial charge in [-0.05, 0) is 145 Å². The summed E-state index contributed by atoms with van der Waals surface area (Å²) in [6.07, 6.45) is 14.2. The third kappa shape index (κ3) is 14.6. The van der Waals surface area contributed by atoms with Gasteiger partial charge in [0.25, 0.3) is 0 Å². The Morgan fingerprint density at radius 1 is 0.312 bits per heavy atom. The second kappa shape index (κ2) is 24.6. The Labute approximate surface area is 375 Å². The highest BCUT2D eigenvalue weighted by Crippen LogP contribution is 2.27. The highest BCUT2D eigenvalue weighted by atomic mass is 16.5. The summed E-state index contributed by atoms with van der Waals surface area (Å²) < 4.78 is 34.0. The number of unbranched alkanes of at least 4 members (excludes halogenated alkanes) is 10. The average Bonchev–Trinajstić information content (AvgIpc) is 3.31. The number of carbonyl (C=O) groups excluding carboxylic acids is 4. The number of benzene rings is 6. The molecule has 0 aliphatic carbocycles. The zero-order valence-corrected chi connectivity index (χ0v) is 36.7. The van der Waals surface area contributed by atoms with Crippen LogP contribution in [0.5, 0.6) is 34.5 Å². The maximum absolute atomic E-state index is 13.1. The second-order valence-electron chi connectivity index (χ2n) is 15.6. The summed E-state index contributed by atoms with van der Waals surface area (Å²) >= 11 is 0. The predicted molar refractivity (Wildman–Crippen MR) is 247 cm³/mol. The van der Waals surface area contributed by atoms with Gasteiger partial charge < -0.3 is 28.4 Å². The summed E-state index contributed by atoms with van der Waals surface area (Å²) in [5, 5.41) is 1.51. The van der Waals surface area contributed by atoms with E-state index in [1.165, 1.54) is 99.9 Å². The average molecular weight is 865 g/mol. The molecule has 332 valence electrons. The first kappa shape index (κ1) is 46.6. The van der Waals surface area contributed by atoms with Crippen LogP contribution < -0.4 is 28.4 Å². The first-order valence-corrected chi connectivity index (χ1v) is 22.4. The van der Waals surface area contributed by atoms with Crippen LogP contribution in [-0.2, 0) is 0 Å². The van der Waals surface area contributed by atoms with Crippen molar-refractivity contribution < 1.29 is 47.6 Å². The molecule has 0 unspecified atom stereocenters. The van der Waals surface area contributed by atoms with Gasteiger partial charge in [-0.2, -0.15) is 0 Å². The minimum atomic E-state index is -0.605. The lowest BCUT2D eigenvalue weighted by Gasteiger charge is -2.09. The Hall–Kier alpha value is -6.94. The molecule has 0 saturated carbocycles. The topological polar surface area (TPSA) is 124 Å². The van der Waals surface area contributed by atoms with Gasteiger partial charge in [-0.3, -0.25) is 0 Å². The molecule has 0 spiro atoms. The summed E-state index contributed by atoms with van der Waals surface area (Å²) in [6, 6.07) is 36.1. The Balaban J connectivity index is 0.946. The van der Waals surface area contributed by atoms with E-state index in [2.05, 4.69) is 13.8 Å². The molecule has 6 rings (SSSR count). The lowest BCUT2D eigenvalue weighted by Crippen LogP contribution is -2.10. The van der Waals surface area contributed by atoms with E-state index in [4.69, 9.17) is 28.4 Å². The predicted octanol–water partition coefficient (Wildman–Crippen LogP) is 13.2. The zero-order valence-electron chi connectivity index (χ0n) is 36.7. The molecule has 0 bridgehead atoms. The van der Waals surface area contributed by atoms with Crippen molar-refractivity contribution >= 4 is 34.6 Å². The van der Waals surface area contributed by atoms with Crippen LogP contribution in [0.3, 0.4) is 0 Å². The molecule has 6 aromatic rings. The number of fused-ring (bicyclic) bond motifs is 1. The van der Waals surface area contributed by atoms with Crippen molar-refractivity contribution in [3.05, 3.63) is 156 Å². The van der Waals surface area contributed by atoms with Gasteiger partial charge in [-0.1, -0.05) is 90.2 Å². The molecule has 0 aromatic heterocycles. The molecule has 0 aliphatic rings. The number of carbonyl (C=O) groups is 4. The molecule has 10 heteroatoms. The normalized spacial score (nSPS) is 10.8. The standard InChI is InChI=1S/C54H56O10/c1-3-5-7-9-11-13-35-59-45-25-17-40(18-26-45)51(55)61-47-29-21-42(22-30-47)53(57)63-49-33-15-39-16-34-50(38-44(39)37-49)64-54(58)43-23-31-48(32-24-43)62-52(56)41-19-27-46(28-20-41)60-36-14-12-10-8-6-4-2/h15-34,37-38H,3-14,35-36H2,1-2H3. The summed E-state index contributed by atoms with van der Waals surface area (Å²) in [4.78, 5) is 51.7. The van der Waals surface area contributed by atoms with Crippen molar-refractivity contribution in [2.45, 2.75) is 90.9 Å². The Bertz CT molecular complexity index is 2250. The third-order valence-corrected chi connectivity index (χ3v) is 10.5. The maximum atomic E-state index is 13.1. The van der Waals surface area contributed by atoms with Crippen molar-refractivity contribution in [2.24, 2.45) is 0 Å². The zero-order chi connectivity index (χ0) is 44.9. The molecule has 0 amide bonds. The van der Waals surface area contributed by atoms with Crippen molar-refractivity contribution in [1.29, 1.82) is 0 Å². The monoisotopic (exact) mass is 864 g/mol. The first-order chi connectivity index (χ1) is 31.3. The smallest absolute Gasteiger partial charge is 0.343 e. The quantitative estimate of drug-likeness (QED) is 0.0330. The number of hydrogen-bond acceptors (Lipinski definition) is 10. The Morgan fingerprint density at radius 3 is 0.938 bits per heavy atom. The van der Waals surface area contributed by atoms with Gasteiger partial charge >= 0.3 is 23.9 Å². The van der Waals surface area contributed by atoms with E-state index in [1.54, 1.807) is 84.9 Å². The molecule has 0 heterocycles. The largest absolute Gasteiger partial charge is 0.494 e. The van der Waals surface area contributed by atoms with Crippen molar-refractivity contribution in [3.63, 3.8) is 0 Å². The Morgan fingerprint density at radius 2 is 0.594 bits per heavy atom. The summed E-state index contributed by atoms with van der Waals surface area (Å²) in [5.41, 5.74) is 1.27. The van der Waals surface area contributed by atoms with E-state index in [1.807, 2.05) is 0 Å². The molecule has 0 radical (unpaired) electrons. The molecular weight excluding hydrogens is 809 g/mol. The van der Waals surface area contributed by atoms with Crippen LogP contribution in [-0.4, -0.2) is 37.1 Å². The van der Waals surface area contributed by atoms with Crippen molar-refractivity contribution in [1.82, 2.24) is 0 Å². The van der Waals surface area contributed by atoms with Crippen LogP contribution >= 0.6 is 0 Å². The third-order valence-electron chi connectivity index (χ3n) is 10.5. The van der Waals surface area contributed by atoms with Crippen LogP contribution in [0.2, 0.25) is 0 Å². The molecular formula is C54H56O10. The van der Waals surface area contributed by atoms with Crippen LogP contribution in [0.15, 0.2) is 133 Å². The van der Waals surface area contributed by atoms with E-state index < -0.39 is 23.9 Å². The van der Waals surface area contributed by atoms with E-state index >= 15 is 0 Å². The van der Waals surface area contributed by atoms with E-state index in [9.17, 15) is 19.2 Å². The van der Waals surface area contributed by atoms with Gasteiger partial charge in [0.2, 0.25) is 0 Å². The highest BCUT2D eigenvalue weighted by Gasteiger charge is 2.15. The number of esters is 4. The van der Waals surface area contributed by atoms with E-state index in [-0.39, 0.29) is 34.1 Å². The van der Waals surface area contributed by atoms with Crippen molar-refractivity contribution in [2.75, 3.05) is 13.2 Å². The van der Waals surface area contributed by atoms with Gasteiger partial charge in [0.15, 0.2) is 0 Å². The molecule has 64 heavy (non-hydrogen) atoms. The van der Waals surface area contributed by atoms with Crippen LogP contribution in [0.1, 0.15) is 132 Å². The molecule has 0 fully saturated rings. The number of rotatable bonds is 24. The molecule has 0 aliphatic heterocycles. The molecule has 0 N–H and O–H groups in total. The van der Waals surface area contributed by atoms with Gasteiger partial charge in [-0.15, -0.1) is 0 Å². The minimum absolute atomic E-state index is 0.258. The van der Waals surface area contributed by atoms with Crippen molar-refractivity contribution in [3.8, 4) is 34.5 Å². The summed E-state index contributed by atoms with van der Waals surface area (Å²) in [6.45, 7) is 5.68. The van der Waals surface area contributed by atoms with Crippen LogP contribution in [0, 0.1) is 0 Å². The van der Waals surface area contributed by atoms with Gasteiger partial charge in [-0.25, -0.2) is 19.2 Å². The lowest BCUT2D eigenvalue weighted by atomic mass is 10.1. The molecule has 10 nitrogen and oxygen atoms in total. The van der Waals surface area contributed by atoms with Gasteiger partial charge in [0.1, 0.15) is 34.5 Å². The van der Waals surface area contributed by atoms with Gasteiger partial charge in [0, 0.05) is 0 Å². The van der Waals surface area contributed by atoms with E-state index in [0.29, 0.717) is 41.2 Å². The molecule has 0 atom stereocenters. The number of ether oxygens (including phenoxy) is 6. The second-order valence-corrected chi connectivity index (χ2v) is 15.6. The minimum Gasteiger partial charge on any atom is -0.494 e. The summed E-state index contributed by atoms with van der Waals surface area (Å²) in [7, 11) is 0. The summed E-state index contributed by atoms with van der Waals surface area (Å²) in [5.74, 6) is 0.257. The first-order valence-electron chi connectivity index (χ1n) is 22.4. The molecule has 6 aromatic carbocycles. The molecule has 0 saturated heterocycles. The number of hydrogen-bond donors (Lipinski definition) is 0. The Kier molecular flexibility index (Phi) is 17.9. The highest BCUT2D eigenvalue weighted by molar-refractivity contribution is 5.95. The van der Waals surface area contributed by atoms with Crippen LogP contribution in [0.25, 0.3) is 10.8 Å². The SMILES string of the molecule is CCCCCCCCOc1ccc(C(=O)Oc2ccc(C(=O)Oc3ccc4ccc(OC(=O)c5ccc(OC(=O)c6ccc(OCCCCCCCC)cc6)cc5)cc4c3)cc2)cc1. The van der Waals surface area contributed by atoms with Gasteiger partial charge in [0.05, 0.1) is 35.5 Å². The fourth-order valence-corrected chi connectivity index (χ4v) is 6.83. The van der Waals surface area contributed by atoms with E-state index in [0.717, 1.165) is 31.1 Å². The van der Waals surface area contributed by atoms with Crippen LogP contribution in [0.4, 0.5) is 0 Å². The fourth-order valence-electron chi connectivity index (χ4n) is 6.83. The fraction of sp³-hybridized carbons (Fsp3) is 0.296. The lowest BCUT2D eigenvalue weighted by molar-refractivity contribution is 0.0720. The maximum Gasteiger partial charge on any atom is 0.343 e.